The first kappa shape index (κ1) is 12.8. The molecule has 3 heteroatoms. The Morgan fingerprint density at radius 1 is 1.56 bits per heavy atom. The first-order valence-corrected chi connectivity index (χ1v) is 5.96. The average Bonchev–Trinajstić information content (AvgIpc) is 2.28. The van der Waals surface area contributed by atoms with Crippen LogP contribution in [0.1, 0.15) is 23.7 Å². The van der Waals surface area contributed by atoms with E-state index in [0.29, 0.717) is 18.7 Å². The van der Waals surface area contributed by atoms with E-state index in [1.54, 1.807) is 11.0 Å². The van der Waals surface area contributed by atoms with Crippen LogP contribution < -0.4 is 0 Å². The molecule has 0 heterocycles. The number of carbonyl (C=O) groups is 1. The molecule has 16 heavy (non-hydrogen) atoms. The smallest absolute Gasteiger partial charge is 0.254 e. The first-order chi connectivity index (χ1) is 7.69. The monoisotopic (exact) mass is 279 g/mol. The molecule has 0 unspecified atom stereocenters. The zero-order valence-corrected chi connectivity index (χ0v) is 10.8. The summed E-state index contributed by atoms with van der Waals surface area (Å²) >= 11 is 3.35. The van der Waals surface area contributed by atoms with Crippen LogP contribution in [-0.4, -0.2) is 23.9 Å². The second-order valence-electron chi connectivity index (χ2n) is 3.44. The van der Waals surface area contributed by atoms with E-state index < -0.39 is 0 Å². The van der Waals surface area contributed by atoms with Gasteiger partial charge in [0.1, 0.15) is 0 Å². The van der Waals surface area contributed by atoms with Crippen LogP contribution in [0.2, 0.25) is 0 Å². The van der Waals surface area contributed by atoms with E-state index in [1.807, 2.05) is 25.1 Å². The van der Waals surface area contributed by atoms with Crippen molar-refractivity contribution in [3.8, 4) is 12.3 Å². The van der Waals surface area contributed by atoms with Crippen LogP contribution in [0.25, 0.3) is 0 Å². The normalized spacial score (nSPS) is 9.56. The van der Waals surface area contributed by atoms with E-state index >= 15 is 0 Å². The Balaban J connectivity index is 2.86. The van der Waals surface area contributed by atoms with Crippen molar-refractivity contribution in [2.75, 3.05) is 13.1 Å². The standard InChI is InChI=1S/C13H14BrNO/c1-3-8-15(9-4-2)13(16)11-6-5-7-12(14)10-11/h1,5-7,10H,4,8-9H2,2H3. The van der Waals surface area contributed by atoms with Crippen molar-refractivity contribution in [2.45, 2.75) is 13.3 Å². The summed E-state index contributed by atoms with van der Waals surface area (Å²) in [6, 6.07) is 7.34. The zero-order valence-electron chi connectivity index (χ0n) is 9.24. The third-order valence-corrected chi connectivity index (χ3v) is 2.63. The van der Waals surface area contributed by atoms with E-state index in [4.69, 9.17) is 6.42 Å². The Morgan fingerprint density at radius 3 is 2.88 bits per heavy atom. The van der Waals surface area contributed by atoms with E-state index in [2.05, 4.69) is 21.9 Å². The third kappa shape index (κ3) is 3.39. The minimum absolute atomic E-state index is 0.0129. The highest BCUT2D eigenvalue weighted by molar-refractivity contribution is 9.10. The second-order valence-corrected chi connectivity index (χ2v) is 4.36. The Morgan fingerprint density at radius 2 is 2.31 bits per heavy atom. The molecule has 0 bridgehead atoms. The average molecular weight is 280 g/mol. The molecule has 0 spiro atoms. The van der Waals surface area contributed by atoms with E-state index in [9.17, 15) is 4.79 Å². The van der Waals surface area contributed by atoms with Gasteiger partial charge in [0.2, 0.25) is 0 Å². The van der Waals surface area contributed by atoms with Crippen molar-refractivity contribution in [1.29, 1.82) is 0 Å². The highest BCUT2D eigenvalue weighted by Crippen LogP contribution is 2.13. The highest BCUT2D eigenvalue weighted by Gasteiger charge is 2.13. The molecule has 0 aliphatic carbocycles. The van der Waals surface area contributed by atoms with Crippen LogP contribution in [0, 0.1) is 12.3 Å². The Bertz CT molecular complexity index is 409. The Hall–Kier alpha value is -1.27. The van der Waals surface area contributed by atoms with Crippen molar-refractivity contribution in [2.24, 2.45) is 0 Å². The summed E-state index contributed by atoms with van der Waals surface area (Å²) in [5.74, 6) is 2.50. The summed E-state index contributed by atoms with van der Waals surface area (Å²) in [5.41, 5.74) is 0.665. The Kier molecular flexibility index (Phi) is 5.07. The number of hydrogen-bond acceptors (Lipinski definition) is 1. The predicted molar refractivity (Wildman–Crippen MR) is 69.2 cm³/mol. The predicted octanol–water partition coefficient (Wildman–Crippen LogP) is 2.93. The lowest BCUT2D eigenvalue weighted by atomic mass is 10.2. The number of hydrogen-bond donors (Lipinski definition) is 0. The van der Waals surface area contributed by atoms with Gasteiger partial charge in [-0.3, -0.25) is 4.79 Å². The molecular formula is C13H14BrNO. The van der Waals surface area contributed by atoms with E-state index in [-0.39, 0.29) is 5.91 Å². The van der Waals surface area contributed by atoms with Gasteiger partial charge in [-0.1, -0.05) is 34.8 Å². The van der Waals surface area contributed by atoms with E-state index in [0.717, 1.165) is 10.9 Å². The summed E-state index contributed by atoms with van der Waals surface area (Å²) in [6.07, 6.45) is 6.16. The lowest BCUT2D eigenvalue weighted by Crippen LogP contribution is -2.32. The fraction of sp³-hybridized carbons (Fsp3) is 0.308. The molecule has 0 N–H and O–H groups in total. The van der Waals surface area contributed by atoms with Crippen LogP contribution in [0.5, 0.6) is 0 Å². The Labute approximate surface area is 105 Å². The summed E-state index contributed by atoms with van der Waals surface area (Å²) in [5, 5.41) is 0. The van der Waals surface area contributed by atoms with Gasteiger partial charge in [0.05, 0.1) is 6.54 Å². The van der Waals surface area contributed by atoms with Crippen LogP contribution in [0.15, 0.2) is 28.7 Å². The van der Waals surface area contributed by atoms with E-state index in [1.165, 1.54) is 0 Å². The van der Waals surface area contributed by atoms with Crippen LogP contribution in [0.4, 0.5) is 0 Å². The maximum atomic E-state index is 12.1. The molecule has 1 amide bonds. The fourth-order valence-corrected chi connectivity index (χ4v) is 1.84. The number of amides is 1. The van der Waals surface area contributed by atoms with Crippen LogP contribution in [-0.2, 0) is 0 Å². The van der Waals surface area contributed by atoms with Gasteiger partial charge in [0, 0.05) is 16.6 Å². The third-order valence-electron chi connectivity index (χ3n) is 2.13. The molecular weight excluding hydrogens is 266 g/mol. The number of benzene rings is 1. The molecule has 84 valence electrons. The molecule has 0 fully saturated rings. The maximum absolute atomic E-state index is 12.1. The van der Waals surface area contributed by atoms with Crippen LogP contribution >= 0.6 is 15.9 Å². The molecule has 1 aromatic carbocycles. The minimum Gasteiger partial charge on any atom is -0.328 e. The maximum Gasteiger partial charge on any atom is 0.254 e. The van der Waals surface area contributed by atoms with Gasteiger partial charge in [0.15, 0.2) is 0 Å². The molecule has 0 aromatic heterocycles. The van der Waals surface area contributed by atoms with Crippen LogP contribution in [0.3, 0.4) is 0 Å². The summed E-state index contributed by atoms with van der Waals surface area (Å²) in [7, 11) is 0. The van der Waals surface area contributed by atoms with Crippen molar-refractivity contribution >= 4 is 21.8 Å². The van der Waals surface area contributed by atoms with Crippen molar-refractivity contribution < 1.29 is 4.79 Å². The number of rotatable bonds is 4. The van der Waals surface area contributed by atoms with Crippen molar-refractivity contribution in [3.63, 3.8) is 0 Å². The molecule has 0 saturated heterocycles. The molecule has 1 rings (SSSR count). The highest BCUT2D eigenvalue weighted by atomic mass is 79.9. The molecule has 0 atom stereocenters. The number of nitrogens with zero attached hydrogens (tertiary/aromatic N) is 1. The lowest BCUT2D eigenvalue weighted by molar-refractivity contribution is 0.0777. The minimum atomic E-state index is -0.0129. The van der Waals surface area contributed by atoms with Gasteiger partial charge < -0.3 is 4.90 Å². The lowest BCUT2D eigenvalue weighted by Gasteiger charge is -2.19. The molecule has 0 aliphatic heterocycles. The summed E-state index contributed by atoms with van der Waals surface area (Å²) < 4.78 is 0.899. The van der Waals surface area contributed by atoms with Gasteiger partial charge >= 0.3 is 0 Å². The molecule has 0 saturated carbocycles. The van der Waals surface area contributed by atoms with Crippen molar-refractivity contribution in [1.82, 2.24) is 4.90 Å². The largest absolute Gasteiger partial charge is 0.328 e. The molecule has 0 radical (unpaired) electrons. The van der Waals surface area contributed by atoms with Gasteiger partial charge in [0.25, 0.3) is 5.91 Å². The molecule has 1 aromatic rings. The van der Waals surface area contributed by atoms with Crippen molar-refractivity contribution in [3.05, 3.63) is 34.3 Å². The summed E-state index contributed by atoms with van der Waals surface area (Å²) in [4.78, 5) is 13.8. The fourth-order valence-electron chi connectivity index (χ4n) is 1.44. The quantitative estimate of drug-likeness (QED) is 0.776. The SMILES string of the molecule is C#CCN(CCC)C(=O)c1cccc(Br)c1. The van der Waals surface area contributed by atoms with Gasteiger partial charge in [-0.2, -0.15) is 0 Å². The molecule has 2 nitrogen and oxygen atoms in total. The zero-order chi connectivity index (χ0) is 12.0. The first-order valence-electron chi connectivity index (χ1n) is 5.17. The van der Waals surface area contributed by atoms with Gasteiger partial charge in [-0.25, -0.2) is 0 Å². The topological polar surface area (TPSA) is 20.3 Å². The number of terminal acetylenes is 1. The second kappa shape index (κ2) is 6.34. The number of carbonyl (C=O) groups excluding carboxylic acids is 1. The van der Waals surface area contributed by atoms with Gasteiger partial charge in [-0.05, 0) is 24.6 Å². The number of halogens is 1. The summed E-state index contributed by atoms with van der Waals surface area (Å²) in [6.45, 7) is 3.08. The molecule has 0 aliphatic rings. The van der Waals surface area contributed by atoms with Gasteiger partial charge in [-0.15, -0.1) is 6.42 Å².